The lowest BCUT2D eigenvalue weighted by molar-refractivity contribution is -0.166. The zero-order valence-corrected chi connectivity index (χ0v) is 45.2. The van der Waals surface area contributed by atoms with E-state index < -0.39 is 12.1 Å². The summed E-state index contributed by atoms with van der Waals surface area (Å²) >= 11 is 0. The second-order valence-electron chi connectivity index (χ2n) is 17.7. The summed E-state index contributed by atoms with van der Waals surface area (Å²) in [6, 6.07) is 0. The molecular weight excluding hydrogens is 877 g/mol. The van der Waals surface area contributed by atoms with Crippen molar-refractivity contribution in [1.29, 1.82) is 0 Å². The third kappa shape index (κ3) is 55.8. The highest BCUT2D eigenvalue weighted by Gasteiger charge is 2.19. The zero-order valence-electron chi connectivity index (χ0n) is 45.2. The minimum Gasteiger partial charge on any atom is -0.462 e. The van der Waals surface area contributed by atoms with Crippen LogP contribution in [0.25, 0.3) is 0 Å². The quantitative estimate of drug-likeness (QED) is 0.0262. The molecule has 0 aliphatic carbocycles. The van der Waals surface area contributed by atoms with Crippen LogP contribution in [0.2, 0.25) is 0 Å². The first-order valence-corrected chi connectivity index (χ1v) is 28.0. The van der Waals surface area contributed by atoms with Crippen molar-refractivity contribution in [3.63, 3.8) is 0 Å². The molecule has 0 aromatic rings. The number of hydrogen-bond donors (Lipinski definition) is 0. The third-order valence-electron chi connectivity index (χ3n) is 11.0. The summed E-state index contributed by atoms with van der Waals surface area (Å²) in [6.07, 6.45) is 83.8. The molecule has 0 N–H and O–H groups in total. The summed E-state index contributed by atoms with van der Waals surface area (Å²) in [7, 11) is 0. The number of ether oxygens (including phenoxy) is 3. The van der Waals surface area contributed by atoms with E-state index in [1.807, 2.05) is 12.2 Å². The smallest absolute Gasteiger partial charge is 0.306 e. The highest BCUT2D eigenvalue weighted by molar-refractivity contribution is 5.71. The van der Waals surface area contributed by atoms with Gasteiger partial charge in [0.2, 0.25) is 0 Å². The largest absolute Gasteiger partial charge is 0.462 e. The van der Waals surface area contributed by atoms with E-state index >= 15 is 0 Å². The minimum absolute atomic E-state index is 0.134. The highest BCUT2D eigenvalue weighted by Crippen LogP contribution is 2.11. The molecular formula is C65H100O6. The predicted molar refractivity (Wildman–Crippen MR) is 306 cm³/mol. The number of hydrogen-bond acceptors (Lipinski definition) is 6. The Morgan fingerprint density at radius 1 is 0.296 bits per heavy atom. The monoisotopic (exact) mass is 977 g/mol. The van der Waals surface area contributed by atoms with E-state index in [2.05, 4.69) is 167 Å². The number of esters is 3. The first kappa shape index (κ1) is 66.0. The first-order chi connectivity index (χ1) is 35.0. The van der Waals surface area contributed by atoms with Crippen LogP contribution in [0.5, 0.6) is 0 Å². The highest BCUT2D eigenvalue weighted by atomic mass is 16.6. The van der Waals surface area contributed by atoms with Crippen molar-refractivity contribution < 1.29 is 28.6 Å². The molecule has 6 heteroatoms. The van der Waals surface area contributed by atoms with Crippen molar-refractivity contribution in [2.45, 2.75) is 219 Å². The van der Waals surface area contributed by atoms with Crippen LogP contribution in [-0.2, 0) is 28.6 Å². The second kappa shape index (κ2) is 57.6. The fourth-order valence-corrected chi connectivity index (χ4v) is 6.88. The molecule has 0 radical (unpaired) electrons. The Morgan fingerprint density at radius 3 is 0.930 bits per heavy atom. The number of unbranched alkanes of at least 4 members (excludes halogenated alkanes) is 11. The Kier molecular flexibility index (Phi) is 53.6. The first-order valence-electron chi connectivity index (χ1n) is 28.0. The van der Waals surface area contributed by atoms with Crippen LogP contribution in [0.4, 0.5) is 0 Å². The second-order valence-corrected chi connectivity index (χ2v) is 17.7. The molecule has 0 spiro atoms. The molecule has 0 saturated heterocycles. The Balaban J connectivity index is 4.63. The van der Waals surface area contributed by atoms with Crippen LogP contribution in [-0.4, -0.2) is 37.2 Å². The summed E-state index contributed by atoms with van der Waals surface area (Å²) in [5.74, 6) is -1.07. The molecule has 396 valence electrons. The van der Waals surface area contributed by atoms with E-state index in [1.54, 1.807) is 0 Å². The lowest BCUT2D eigenvalue weighted by Crippen LogP contribution is -2.30. The van der Waals surface area contributed by atoms with Crippen molar-refractivity contribution in [3.8, 4) is 0 Å². The average molecular weight is 978 g/mol. The summed E-state index contributed by atoms with van der Waals surface area (Å²) in [5, 5.41) is 0. The standard InChI is InChI=1S/C65H100O6/c1-4-7-10-13-16-19-22-25-28-30-32-34-37-40-43-46-49-52-55-58-64(67)70-61-62(60-69-63(66)57-54-51-48-45-42-39-36-27-24-21-18-15-12-9-6-3)71-65(68)59-56-53-50-47-44-41-38-35-33-31-29-26-23-20-17-14-11-8-5-2/h7-8,10-11,16-21,25-29,32-36,40-41,43-44,50,53,62H,4-6,9,12-15,22-24,30-31,37-39,42,45-49,51-52,54-61H2,1-3H3/b10-7-,11-8-,19-16-,20-17-,21-18-,28-25-,29-26-,34-32-,35-33-,36-27-,43-40-,44-41-,53-50-/t62-/m0/s1. The number of carbonyl (C=O) groups excluding carboxylic acids is 3. The minimum atomic E-state index is -0.847. The SMILES string of the molecule is CC/C=C\C/C=C\C/C=C\C/C=C\C/C=C\C/C=C\CCC(=O)O[C@H](COC(=O)CCCCC/C=C\C/C=C\C/C=C\C/C=C\C/C=C\CC)COC(=O)CCCCCCC/C=C\C/C=C\CCCCC. The Labute approximate surface area is 435 Å². The maximum atomic E-state index is 12.8. The molecule has 0 aliphatic rings. The van der Waals surface area contributed by atoms with E-state index in [0.29, 0.717) is 19.3 Å². The van der Waals surface area contributed by atoms with Gasteiger partial charge in [-0.3, -0.25) is 14.4 Å². The summed E-state index contributed by atoms with van der Waals surface area (Å²) in [6.45, 7) is 6.26. The summed E-state index contributed by atoms with van der Waals surface area (Å²) in [5.41, 5.74) is 0. The fraction of sp³-hybridized carbons (Fsp3) is 0.554. The van der Waals surface area contributed by atoms with Gasteiger partial charge in [-0.1, -0.05) is 217 Å². The Morgan fingerprint density at radius 2 is 0.577 bits per heavy atom. The molecule has 0 aromatic heterocycles. The zero-order chi connectivity index (χ0) is 51.4. The van der Waals surface area contributed by atoms with Gasteiger partial charge < -0.3 is 14.2 Å². The van der Waals surface area contributed by atoms with Crippen LogP contribution in [0.15, 0.2) is 158 Å². The average Bonchev–Trinajstić information content (AvgIpc) is 3.37. The van der Waals surface area contributed by atoms with Gasteiger partial charge in [0.1, 0.15) is 13.2 Å². The lowest BCUT2D eigenvalue weighted by Gasteiger charge is -2.18. The molecule has 71 heavy (non-hydrogen) atoms. The Bertz CT molecular complexity index is 1640. The van der Waals surface area contributed by atoms with Crippen LogP contribution >= 0.6 is 0 Å². The molecule has 1 atom stereocenters. The third-order valence-corrected chi connectivity index (χ3v) is 11.0. The van der Waals surface area contributed by atoms with Crippen molar-refractivity contribution >= 4 is 17.9 Å². The predicted octanol–water partition coefficient (Wildman–Crippen LogP) is 19.0. The van der Waals surface area contributed by atoms with Crippen molar-refractivity contribution in [3.05, 3.63) is 158 Å². The van der Waals surface area contributed by atoms with Crippen LogP contribution < -0.4 is 0 Å². The molecule has 0 rings (SSSR count). The van der Waals surface area contributed by atoms with Crippen LogP contribution in [0.1, 0.15) is 213 Å². The molecule has 0 aliphatic heterocycles. The van der Waals surface area contributed by atoms with E-state index in [9.17, 15) is 14.4 Å². The van der Waals surface area contributed by atoms with Gasteiger partial charge >= 0.3 is 17.9 Å². The van der Waals surface area contributed by atoms with Gasteiger partial charge in [-0.2, -0.15) is 0 Å². The number of carbonyl (C=O) groups is 3. The van der Waals surface area contributed by atoms with E-state index in [0.717, 1.165) is 141 Å². The van der Waals surface area contributed by atoms with Gasteiger partial charge in [0.15, 0.2) is 6.10 Å². The van der Waals surface area contributed by atoms with Gasteiger partial charge in [0.25, 0.3) is 0 Å². The number of rotatable bonds is 48. The number of allylic oxidation sites excluding steroid dienone is 26. The maximum Gasteiger partial charge on any atom is 0.306 e. The van der Waals surface area contributed by atoms with Crippen molar-refractivity contribution in [2.24, 2.45) is 0 Å². The normalized spacial score (nSPS) is 13.3. The molecule has 0 heterocycles. The Hall–Kier alpha value is -4.97. The molecule has 0 aromatic carbocycles. The summed E-state index contributed by atoms with van der Waals surface area (Å²) < 4.78 is 16.7. The lowest BCUT2D eigenvalue weighted by atomic mass is 10.1. The van der Waals surface area contributed by atoms with Gasteiger partial charge in [0.05, 0.1) is 0 Å². The van der Waals surface area contributed by atoms with Gasteiger partial charge in [-0.05, 0) is 135 Å². The van der Waals surface area contributed by atoms with Crippen molar-refractivity contribution in [2.75, 3.05) is 13.2 Å². The summed E-state index contributed by atoms with van der Waals surface area (Å²) in [4.78, 5) is 38.1. The van der Waals surface area contributed by atoms with E-state index in [-0.39, 0.29) is 31.6 Å². The topological polar surface area (TPSA) is 78.9 Å². The van der Waals surface area contributed by atoms with Crippen LogP contribution in [0.3, 0.4) is 0 Å². The maximum absolute atomic E-state index is 12.8. The fourth-order valence-electron chi connectivity index (χ4n) is 6.88. The molecule has 0 amide bonds. The molecule has 0 fully saturated rings. The molecule has 6 nitrogen and oxygen atoms in total. The van der Waals surface area contributed by atoms with E-state index in [4.69, 9.17) is 14.2 Å². The molecule has 0 saturated carbocycles. The van der Waals surface area contributed by atoms with Crippen LogP contribution in [0, 0.1) is 0 Å². The van der Waals surface area contributed by atoms with Gasteiger partial charge in [0, 0.05) is 19.3 Å². The van der Waals surface area contributed by atoms with E-state index in [1.165, 1.54) is 25.7 Å². The molecule has 0 bridgehead atoms. The van der Waals surface area contributed by atoms with Gasteiger partial charge in [-0.15, -0.1) is 0 Å². The van der Waals surface area contributed by atoms with Crippen molar-refractivity contribution in [1.82, 2.24) is 0 Å². The molecule has 0 unspecified atom stereocenters. The van der Waals surface area contributed by atoms with Gasteiger partial charge in [-0.25, -0.2) is 0 Å².